The Kier molecular flexibility index (Phi) is 2.31. The van der Waals surface area contributed by atoms with E-state index in [1.54, 1.807) is 6.07 Å². The van der Waals surface area contributed by atoms with Crippen LogP contribution < -0.4 is 0 Å². The van der Waals surface area contributed by atoms with Crippen LogP contribution >= 0.6 is 0 Å². The van der Waals surface area contributed by atoms with E-state index in [2.05, 4.69) is 6.92 Å². The molecule has 1 N–H and O–H groups in total. The number of aryl methyl sites for hydroxylation is 1. The Morgan fingerprint density at radius 3 is 2.64 bits per heavy atom. The summed E-state index contributed by atoms with van der Waals surface area (Å²) in [4.78, 5) is 0. The van der Waals surface area contributed by atoms with Crippen molar-refractivity contribution < 1.29 is 9.50 Å². The largest absolute Gasteiger partial charge is 0.388 e. The van der Waals surface area contributed by atoms with Crippen molar-refractivity contribution in [2.75, 3.05) is 0 Å². The minimum absolute atomic E-state index is 0.234. The van der Waals surface area contributed by atoms with Crippen molar-refractivity contribution in [3.8, 4) is 0 Å². The Hall–Kier alpha value is -0.890. The summed E-state index contributed by atoms with van der Waals surface area (Å²) < 4.78 is 12.8. The lowest BCUT2D eigenvalue weighted by atomic mass is 9.99. The van der Waals surface area contributed by atoms with Crippen molar-refractivity contribution in [1.29, 1.82) is 0 Å². The fourth-order valence-corrected chi connectivity index (χ4v) is 1.99. The Morgan fingerprint density at radius 2 is 2.14 bits per heavy atom. The topological polar surface area (TPSA) is 20.2 Å². The van der Waals surface area contributed by atoms with E-state index in [1.807, 2.05) is 6.92 Å². The van der Waals surface area contributed by atoms with Crippen molar-refractivity contribution >= 4 is 0 Å². The molecule has 2 heteroatoms. The second-order valence-electron chi connectivity index (χ2n) is 4.32. The molecule has 2 rings (SSSR count). The molecule has 14 heavy (non-hydrogen) atoms. The molecule has 1 aliphatic carbocycles. The minimum atomic E-state index is -0.411. The van der Waals surface area contributed by atoms with Crippen molar-refractivity contribution in [2.45, 2.75) is 26.4 Å². The Balaban J connectivity index is 2.23. The van der Waals surface area contributed by atoms with E-state index < -0.39 is 6.10 Å². The summed E-state index contributed by atoms with van der Waals surface area (Å²) in [7, 11) is 0. The zero-order chi connectivity index (χ0) is 10.3. The summed E-state index contributed by atoms with van der Waals surface area (Å²) in [6.45, 7) is 3.97. The SMILES string of the molecule is Cc1cc(F)ccc1C(O)C1CC1C. The van der Waals surface area contributed by atoms with Gasteiger partial charge in [0.15, 0.2) is 0 Å². The fourth-order valence-electron chi connectivity index (χ4n) is 1.99. The summed E-state index contributed by atoms with van der Waals surface area (Å²) in [5.41, 5.74) is 1.72. The van der Waals surface area contributed by atoms with E-state index in [0.717, 1.165) is 17.5 Å². The van der Waals surface area contributed by atoms with Gasteiger partial charge in [-0.25, -0.2) is 4.39 Å². The molecule has 1 aromatic rings. The van der Waals surface area contributed by atoms with Gasteiger partial charge < -0.3 is 5.11 Å². The summed E-state index contributed by atoms with van der Waals surface area (Å²) in [5.74, 6) is 0.746. The Labute approximate surface area is 83.6 Å². The molecule has 1 aromatic carbocycles. The first-order valence-corrected chi connectivity index (χ1v) is 5.03. The van der Waals surface area contributed by atoms with Crippen molar-refractivity contribution in [3.05, 3.63) is 35.1 Å². The lowest BCUT2D eigenvalue weighted by Gasteiger charge is -2.13. The maximum atomic E-state index is 12.8. The van der Waals surface area contributed by atoms with Gasteiger partial charge >= 0.3 is 0 Å². The zero-order valence-electron chi connectivity index (χ0n) is 8.50. The molecule has 0 aromatic heterocycles. The van der Waals surface area contributed by atoms with Gasteiger partial charge in [-0.3, -0.25) is 0 Å². The lowest BCUT2D eigenvalue weighted by Crippen LogP contribution is -2.03. The average molecular weight is 194 g/mol. The van der Waals surface area contributed by atoms with Gasteiger partial charge in [-0.1, -0.05) is 13.0 Å². The van der Waals surface area contributed by atoms with Crippen LogP contribution in [0.25, 0.3) is 0 Å². The molecule has 0 radical (unpaired) electrons. The van der Waals surface area contributed by atoms with Crippen LogP contribution in [-0.2, 0) is 0 Å². The Morgan fingerprint density at radius 1 is 1.50 bits per heavy atom. The molecular weight excluding hydrogens is 179 g/mol. The number of hydrogen-bond donors (Lipinski definition) is 1. The molecule has 0 aliphatic heterocycles. The quantitative estimate of drug-likeness (QED) is 0.767. The van der Waals surface area contributed by atoms with Crippen LogP contribution in [0, 0.1) is 24.6 Å². The first kappa shape index (κ1) is 9.66. The molecule has 0 saturated heterocycles. The summed E-state index contributed by atoms with van der Waals surface area (Å²) >= 11 is 0. The van der Waals surface area contributed by atoms with Crippen LogP contribution in [0.1, 0.15) is 30.6 Å². The van der Waals surface area contributed by atoms with Crippen LogP contribution in [0.15, 0.2) is 18.2 Å². The van der Waals surface area contributed by atoms with Crippen molar-refractivity contribution in [3.63, 3.8) is 0 Å². The highest BCUT2D eigenvalue weighted by molar-refractivity contribution is 5.29. The molecule has 1 nitrogen and oxygen atoms in total. The molecule has 1 saturated carbocycles. The van der Waals surface area contributed by atoms with E-state index in [0.29, 0.717) is 11.8 Å². The number of aliphatic hydroxyl groups is 1. The van der Waals surface area contributed by atoms with Gasteiger partial charge in [-0.2, -0.15) is 0 Å². The monoisotopic (exact) mass is 194 g/mol. The van der Waals surface area contributed by atoms with Gasteiger partial charge in [-0.15, -0.1) is 0 Å². The maximum Gasteiger partial charge on any atom is 0.123 e. The molecule has 0 amide bonds. The van der Waals surface area contributed by atoms with Gasteiger partial charge in [0.2, 0.25) is 0 Å². The highest BCUT2D eigenvalue weighted by Gasteiger charge is 2.39. The van der Waals surface area contributed by atoms with Crippen LogP contribution in [0.4, 0.5) is 4.39 Å². The lowest BCUT2D eigenvalue weighted by molar-refractivity contribution is 0.147. The summed E-state index contributed by atoms with van der Waals surface area (Å²) in [5, 5.41) is 9.98. The van der Waals surface area contributed by atoms with Crippen LogP contribution in [-0.4, -0.2) is 5.11 Å². The molecule has 3 unspecified atom stereocenters. The third-order valence-corrected chi connectivity index (χ3v) is 3.13. The van der Waals surface area contributed by atoms with Crippen molar-refractivity contribution in [1.82, 2.24) is 0 Å². The van der Waals surface area contributed by atoms with Crippen LogP contribution in [0.2, 0.25) is 0 Å². The molecule has 1 fully saturated rings. The predicted molar refractivity (Wildman–Crippen MR) is 53.4 cm³/mol. The maximum absolute atomic E-state index is 12.8. The minimum Gasteiger partial charge on any atom is -0.388 e. The molecule has 76 valence electrons. The van der Waals surface area contributed by atoms with E-state index in [-0.39, 0.29) is 5.82 Å². The smallest absolute Gasteiger partial charge is 0.123 e. The predicted octanol–water partition coefficient (Wildman–Crippen LogP) is 2.82. The highest BCUT2D eigenvalue weighted by Crippen LogP contribution is 2.47. The van der Waals surface area contributed by atoms with E-state index in [1.165, 1.54) is 12.1 Å². The average Bonchev–Trinajstić information content (AvgIpc) is 2.81. The Bertz CT molecular complexity index is 348. The normalized spacial score (nSPS) is 27.4. The molecule has 1 aliphatic rings. The first-order valence-electron chi connectivity index (χ1n) is 5.03. The highest BCUT2D eigenvalue weighted by atomic mass is 19.1. The van der Waals surface area contributed by atoms with Gasteiger partial charge in [0.05, 0.1) is 6.10 Å². The standard InChI is InChI=1S/C12H15FO/c1-7-5-9(13)3-4-10(7)12(14)11-6-8(11)2/h3-5,8,11-12,14H,6H2,1-2H3. The second kappa shape index (κ2) is 3.35. The van der Waals surface area contributed by atoms with Gasteiger partial charge in [0, 0.05) is 0 Å². The van der Waals surface area contributed by atoms with Crippen LogP contribution in [0.3, 0.4) is 0 Å². The molecular formula is C12H15FO. The third-order valence-electron chi connectivity index (χ3n) is 3.13. The number of hydrogen-bond acceptors (Lipinski definition) is 1. The second-order valence-corrected chi connectivity index (χ2v) is 4.32. The van der Waals surface area contributed by atoms with E-state index in [4.69, 9.17) is 0 Å². The van der Waals surface area contributed by atoms with E-state index in [9.17, 15) is 9.50 Å². The van der Waals surface area contributed by atoms with Gasteiger partial charge in [0.25, 0.3) is 0 Å². The van der Waals surface area contributed by atoms with Gasteiger partial charge in [0.1, 0.15) is 5.82 Å². The number of rotatable bonds is 2. The van der Waals surface area contributed by atoms with Crippen LogP contribution in [0.5, 0.6) is 0 Å². The number of aliphatic hydroxyl groups excluding tert-OH is 1. The molecule has 0 spiro atoms. The fraction of sp³-hybridized carbons (Fsp3) is 0.500. The summed E-state index contributed by atoms with van der Waals surface area (Å²) in [6, 6.07) is 4.59. The number of halogens is 1. The molecule has 3 atom stereocenters. The van der Waals surface area contributed by atoms with Crippen molar-refractivity contribution in [2.24, 2.45) is 11.8 Å². The number of benzene rings is 1. The van der Waals surface area contributed by atoms with Gasteiger partial charge in [-0.05, 0) is 48.4 Å². The first-order chi connectivity index (χ1) is 6.59. The van der Waals surface area contributed by atoms with E-state index >= 15 is 0 Å². The molecule has 0 bridgehead atoms. The zero-order valence-corrected chi connectivity index (χ0v) is 8.50. The third kappa shape index (κ3) is 1.67. The molecule has 0 heterocycles. The summed E-state index contributed by atoms with van der Waals surface area (Å²) in [6.07, 6.45) is 0.670.